The molecule has 7 nitrogen and oxygen atoms in total. The van der Waals surface area contributed by atoms with Crippen LogP contribution in [-0.2, 0) is 19.0 Å². The predicted octanol–water partition coefficient (Wildman–Crippen LogP) is 4.42. The minimum Gasteiger partial charge on any atom is -0.461 e. The quantitative estimate of drug-likeness (QED) is 0.501. The molecule has 150 valence electrons. The molecule has 7 heteroatoms. The minimum absolute atomic E-state index is 0.262. The Morgan fingerprint density at radius 3 is 1.85 bits per heavy atom. The molecule has 0 aromatic rings. The fraction of sp³-hybridized carbons (Fsp3) is 0.842. The van der Waals surface area contributed by atoms with Gasteiger partial charge in [-0.05, 0) is 67.7 Å². The fourth-order valence-corrected chi connectivity index (χ4v) is 2.59. The number of cyclic esters (lactones) is 1. The SMILES string of the molecule is C[C@H]1CCCCC[C@H](N(C(=O)OC(C)(C)C)C(=O)OC(C)(C)C)C(=O)O1. The summed E-state index contributed by atoms with van der Waals surface area (Å²) in [4.78, 5) is 38.8. The van der Waals surface area contributed by atoms with Crippen molar-refractivity contribution in [2.45, 2.75) is 104 Å². The first kappa shape index (κ1) is 22.3. The van der Waals surface area contributed by atoms with Gasteiger partial charge in [0.2, 0.25) is 0 Å². The predicted molar refractivity (Wildman–Crippen MR) is 96.7 cm³/mol. The average molecular weight is 371 g/mol. The second-order valence-electron chi connectivity index (χ2n) is 8.73. The largest absolute Gasteiger partial charge is 0.461 e. The summed E-state index contributed by atoms with van der Waals surface area (Å²) in [5.74, 6) is -0.601. The van der Waals surface area contributed by atoms with Gasteiger partial charge in [-0.1, -0.05) is 12.8 Å². The molecule has 1 aliphatic rings. The Morgan fingerprint density at radius 1 is 0.923 bits per heavy atom. The van der Waals surface area contributed by atoms with E-state index in [0.29, 0.717) is 12.8 Å². The van der Waals surface area contributed by atoms with Gasteiger partial charge in [0.25, 0.3) is 0 Å². The smallest absolute Gasteiger partial charge is 0.420 e. The van der Waals surface area contributed by atoms with Gasteiger partial charge in [-0.15, -0.1) is 0 Å². The van der Waals surface area contributed by atoms with E-state index in [1.54, 1.807) is 41.5 Å². The van der Waals surface area contributed by atoms with Crippen molar-refractivity contribution in [2.75, 3.05) is 0 Å². The van der Waals surface area contributed by atoms with E-state index in [2.05, 4.69) is 0 Å². The van der Waals surface area contributed by atoms with Crippen molar-refractivity contribution in [3.8, 4) is 0 Å². The maximum Gasteiger partial charge on any atom is 0.420 e. The number of carbonyl (C=O) groups is 3. The summed E-state index contributed by atoms with van der Waals surface area (Å²) in [6.45, 7) is 12.0. The summed E-state index contributed by atoms with van der Waals surface area (Å²) in [5, 5.41) is 0. The molecule has 0 bridgehead atoms. The van der Waals surface area contributed by atoms with Crippen molar-refractivity contribution in [1.29, 1.82) is 0 Å². The molecule has 0 N–H and O–H groups in total. The molecular formula is C19H33NO6. The highest BCUT2D eigenvalue weighted by molar-refractivity contribution is 5.94. The van der Waals surface area contributed by atoms with E-state index in [0.717, 1.165) is 24.2 Å². The molecule has 0 spiro atoms. The molecule has 0 aromatic carbocycles. The molecule has 0 radical (unpaired) electrons. The molecule has 1 saturated heterocycles. The Morgan fingerprint density at radius 2 is 1.38 bits per heavy atom. The van der Waals surface area contributed by atoms with Crippen LogP contribution in [0.25, 0.3) is 0 Å². The molecule has 0 aromatic heterocycles. The first-order chi connectivity index (χ1) is 11.8. The Bertz CT molecular complexity index is 489. The van der Waals surface area contributed by atoms with Crippen LogP contribution in [0.2, 0.25) is 0 Å². The Kier molecular flexibility index (Phi) is 7.47. The zero-order chi connectivity index (χ0) is 20.1. The summed E-state index contributed by atoms with van der Waals surface area (Å²) in [7, 11) is 0. The molecule has 2 amide bonds. The van der Waals surface area contributed by atoms with Crippen LogP contribution in [0.15, 0.2) is 0 Å². The number of ether oxygens (including phenoxy) is 3. The summed E-state index contributed by atoms with van der Waals surface area (Å²) in [6, 6.07) is -1.06. The Balaban J connectivity index is 3.15. The van der Waals surface area contributed by atoms with Gasteiger partial charge >= 0.3 is 18.2 Å². The highest BCUT2D eigenvalue weighted by atomic mass is 16.6. The zero-order valence-electron chi connectivity index (χ0n) is 17.1. The lowest BCUT2D eigenvalue weighted by molar-refractivity contribution is -0.154. The van der Waals surface area contributed by atoms with Gasteiger partial charge in [0.05, 0.1) is 6.10 Å². The lowest BCUT2D eigenvalue weighted by atomic mass is 10.1. The van der Waals surface area contributed by atoms with Crippen LogP contribution in [0.5, 0.6) is 0 Å². The molecule has 1 fully saturated rings. The molecule has 1 heterocycles. The van der Waals surface area contributed by atoms with Crippen molar-refractivity contribution >= 4 is 18.2 Å². The third-order valence-corrected chi connectivity index (χ3v) is 3.67. The molecule has 0 aliphatic carbocycles. The van der Waals surface area contributed by atoms with Gasteiger partial charge in [-0.3, -0.25) is 0 Å². The first-order valence-corrected chi connectivity index (χ1v) is 9.26. The summed E-state index contributed by atoms with van der Waals surface area (Å²) < 4.78 is 16.1. The van der Waals surface area contributed by atoms with Crippen LogP contribution in [0.3, 0.4) is 0 Å². The van der Waals surface area contributed by atoms with Crippen molar-refractivity contribution in [3.05, 3.63) is 0 Å². The van der Waals surface area contributed by atoms with Gasteiger partial charge in [-0.25, -0.2) is 14.4 Å². The van der Waals surface area contributed by atoms with Crippen molar-refractivity contribution in [1.82, 2.24) is 4.90 Å². The maximum atomic E-state index is 12.7. The zero-order valence-corrected chi connectivity index (χ0v) is 17.1. The van der Waals surface area contributed by atoms with Crippen molar-refractivity contribution in [3.63, 3.8) is 0 Å². The lowest BCUT2D eigenvalue weighted by Gasteiger charge is -2.32. The molecule has 0 unspecified atom stereocenters. The molecule has 2 atom stereocenters. The van der Waals surface area contributed by atoms with Crippen LogP contribution in [-0.4, -0.2) is 46.4 Å². The van der Waals surface area contributed by atoms with E-state index in [1.165, 1.54) is 0 Å². The lowest BCUT2D eigenvalue weighted by Crippen LogP contribution is -2.52. The minimum atomic E-state index is -1.06. The van der Waals surface area contributed by atoms with Gasteiger partial charge in [0.1, 0.15) is 17.2 Å². The number of rotatable bonds is 1. The van der Waals surface area contributed by atoms with Crippen LogP contribution < -0.4 is 0 Å². The van der Waals surface area contributed by atoms with Gasteiger partial charge in [0.15, 0.2) is 0 Å². The van der Waals surface area contributed by atoms with Crippen LogP contribution >= 0.6 is 0 Å². The number of imide groups is 1. The van der Waals surface area contributed by atoms with Gasteiger partial charge in [0, 0.05) is 0 Å². The summed E-state index contributed by atoms with van der Waals surface area (Å²) >= 11 is 0. The van der Waals surface area contributed by atoms with E-state index >= 15 is 0 Å². The second kappa shape index (κ2) is 8.73. The van der Waals surface area contributed by atoms with E-state index in [4.69, 9.17) is 14.2 Å². The Hall–Kier alpha value is -1.79. The topological polar surface area (TPSA) is 82.1 Å². The van der Waals surface area contributed by atoms with Crippen LogP contribution in [0.4, 0.5) is 9.59 Å². The molecular weight excluding hydrogens is 338 g/mol. The average Bonchev–Trinajstić information content (AvgIpc) is 2.47. The van der Waals surface area contributed by atoms with Crippen LogP contribution in [0, 0.1) is 0 Å². The third-order valence-electron chi connectivity index (χ3n) is 3.67. The number of hydrogen-bond acceptors (Lipinski definition) is 6. The number of hydrogen-bond donors (Lipinski definition) is 0. The standard InChI is InChI=1S/C19H33NO6/c1-13-11-9-8-10-12-14(15(21)24-13)20(16(22)25-18(2,3)4)17(23)26-19(5,6)7/h13-14H,8-12H2,1-7H3/t13-,14-/m0/s1. The van der Waals surface area contributed by atoms with Gasteiger partial charge in [-0.2, -0.15) is 4.90 Å². The summed E-state index contributed by atoms with van der Waals surface area (Å²) in [5.41, 5.74) is -1.62. The molecule has 1 rings (SSSR count). The number of amides is 2. The molecule has 26 heavy (non-hydrogen) atoms. The monoisotopic (exact) mass is 371 g/mol. The number of nitrogens with zero attached hydrogens (tertiary/aromatic N) is 1. The molecule has 1 aliphatic heterocycles. The first-order valence-electron chi connectivity index (χ1n) is 9.26. The highest BCUT2D eigenvalue weighted by Gasteiger charge is 2.41. The van der Waals surface area contributed by atoms with E-state index in [-0.39, 0.29) is 6.10 Å². The highest BCUT2D eigenvalue weighted by Crippen LogP contribution is 2.23. The van der Waals surface area contributed by atoms with E-state index in [9.17, 15) is 14.4 Å². The maximum absolute atomic E-state index is 12.7. The summed E-state index contributed by atoms with van der Waals surface area (Å²) in [6.07, 6.45) is 1.55. The second-order valence-corrected chi connectivity index (χ2v) is 8.73. The van der Waals surface area contributed by atoms with E-state index < -0.39 is 35.4 Å². The van der Waals surface area contributed by atoms with E-state index in [1.807, 2.05) is 6.92 Å². The Labute approximate surface area is 156 Å². The third kappa shape index (κ3) is 7.62. The van der Waals surface area contributed by atoms with Gasteiger partial charge < -0.3 is 14.2 Å². The van der Waals surface area contributed by atoms with Crippen molar-refractivity contribution < 1.29 is 28.6 Å². The normalized spacial score (nSPS) is 22.3. The van der Waals surface area contributed by atoms with Crippen LogP contribution in [0.1, 0.15) is 80.6 Å². The number of carbonyl (C=O) groups excluding carboxylic acids is 3. The number of esters is 1. The van der Waals surface area contributed by atoms with Crippen molar-refractivity contribution in [2.24, 2.45) is 0 Å². The fourth-order valence-electron chi connectivity index (χ4n) is 2.59. The molecule has 0 saturated carbocycles.